The molecule has 148 valence electrons. The predicted octanol–water partition coefficient (Wildman–Crippen LogP) is 5.23. The van der Waals surface area contributed by atoms with E-state index in [1.165, 1.54) is 5.39 Å². The molecule has 1 N–H and O–H groups in total. The molecule has 1 aromatic heterocycles. The number of benzene rings is 2. The zero-order chi connectivity index (χ0) is 20.3. The predicted molar refractivity (Wildman–Crippen MR) is 113 cm³/mol. The van der Waals surface area contributed by atoms with Crippen LogP contribution in [0, 0.1) is 0 Å². The van der Waals surface area contributed by atoms with Gasteiger partial charge in [-0.05, 0) is 68.5 Å². The first kappa shape index (κ1) is 19.8. The summed E-state index contributed by atoms with van der Waals surface area (Å²) in [6.07, 6.45) is 1.66. The SMILES string of the molecule is COc1ccc(-c2ccc3ccn(CC(C)NC(=O)OC(C)(C)C)c3c2)cc1. The summed E-state index contributed by atoms with van der Waals surface area (Å²) in [5, 5.41) is 4.07. The molecule has 0 saturated heterocycles. The molecule has 1 amide bonds. The van der Waals surface area contributed by atoms with E-state index < -0.39 is 11.7 Å². The quantitative estimate of drug-likeness (QED) is 0.659. The minimum atomic E-state index is -0.503. The molecule has 1 unspecified atom stereocenters. The summed E-state index contributed by atoms with van der Waals surface area (Å²) in [5.74, 6) is 0.843. The summed E-state index contributed by atoms with van der Waals surface area (Å²) >= 11 is 0. The van der Waals surface area contributed by atoms with Crippen molar-refractivity contribution in [2.45, 2.75) is 45.9 Å². The lowest BCUT2D eigenvalue weighted by molar-refractivity contribution is 0.0504. The fourth-order valence-corrected chi connectivity index (χ4v) is 3.16. The zero-order valence-corrected chi connectivity index (χ0v) is 17.2. The number of amides is 1. The topological polar surface area (TPSA) is 52.5 Å². The first-order valence-electron chi connectivity index (χ1n) is 9.48. The molecule has 0 fully saturated rings. The number of methoxy groups -OCH3 is 1. The number of nitrogens with zero attached hydrogens (tertiary/aromatic N) is 1. The van der Waals surface area contributed by atoms with Gasteiger partial charge in [0.2, 0.25) is 0 Å². The van der Waals surface area contributed by atoms with Gasteiger partial charge in [-0.25, -0.2) is 4.79 Å². The molecule has 0 aliphatic rings. The van der Waals surface area contributed by atoms with E-state index in [0.29, 0.717) is 6.54 Å². The van der Waals surface area contributed by atoms with E-state index in [0.717, 1.165) is 22.4 Å². The van der Waals surface area contributed by atoms with E-state index >= 15 is 0 Å². The number of nitrogens with one attached hydrogen (secondary N) is 1. The first-order valence-corrected chi connectivity index (χ1v) is 9.48. The molecule has 28 heavy (non-hydrogen) atoms. The molecular formula is C23H28N2O3. The Morgan fingerprint density at radius 2 is 1.75 bits per heavy atom. The number of carbonyl (C=O) groups is 1. The van der Waals surface area contributed by atoms with Crippen LogP contribution < -0.4 is 10.1 Å². The molecule has 0 aliphatic carbocycles. The van der Waals surface area contributed by atoms with Gasteiger partial charge in [0.05, 0.1) is 7.11 Å². The van der Waals surface area contributed by atoms with E-state index in [-0.39, 0.29) is 6.04 Å². The summed E-state index contributed by atoms with van der Waals surface area (Å²) < 4.78 is 12.7. The third kappa shape index (κ3) is 4.85. The minimum Gasteiger partial charge on any atom is -0.497 e. The van der Waals surface area contributed by atoms with Crippen LogP contribution in [0.5, 0.6) is 5.75 Å². The van der Waals surface area contributed by atoms with Gasteiger partial charge in [-0.2, -0.15) is 0 Å². The second-order valence-corrected chi connectivity index (χ2v) is 8.02. The first-order chi connectivity index (χ1) is 13.2. The number of rotatable bonds is 5. The maximum absolute atomic E-state index is 12.0. The van der Waals surface area contributed by atoms with Gasteiger partial charge < -0.3 is 19.4 Å². The van der Waals surface area contributed by atoms with Crippen molar-refractivity contribution < 1.29 is 14.3 Å². The number of ether oxygens (including phenoxy) is 2. The summed E-state index contributed by atoms with van der Waals surface area (Å²) in [6.45, 7) is 8.21. The molecule has 0 aliphatic heterocycles. The minimum absolute atomic E-state index is 0.0601. The average molecular weight is 380 g/mol. The number of hydrogen-bond donors (Lipinski definition) is 1. The maximum Gasteiger partial charge on any atom is 0.407 e. The second kappa shape index (κ2) is 7.97. The highest BCUT2D eigenvalue weighted by molar-refractivity contribution is 5.85. The molecule has 0 spiro atoms. The van der Waals surface area contributed by atoms with Crippen molar-refractivity contribution in [2.24, 2.45) is 0 Å². The summed E-state index contributed by atoms with van der Waals surface area (Å²) in [7, 11) is 1.67. The highest BCUT2D eigenvalue weighted by atomic mass is 16.6. The Hall–Kier alpha value is -2.95. The van der Waals surface area contributed by atoms with Crippen LogP contribution in [0.4, 0.5) is 4.79 Å². The van der Waals surface area contributed by atoms with E-state index in [2.05, 4.69) is 52.5 Å². The summed E-state index contributed by atoms with van der Waals surface area (Å²) in [4.78, 5) is 12.0. The van der Waals surface area contributed by atoms with E-state index in [9.17, 15) is 4.79 Å². The Bertz CT molecular complexity index is 952. The van der Waals surface area contributed by atoms with E-state index in [1.807, 2.05) is 39.8 Å². The van der Waals surface area contributed by atoms with Crippen molar-refractivity contribution in [3.63, 3.8) is 0 Å². The smallest absolute Gasteiger partial charge is 0.407 e. The van der Waals surface area contributed by atoms with Crippen molar-refractivity contribution in [3.05, 3.63) is 54.7 Å². The lowest BCUT2D eigenvalue weighted by Crippen LogP contribution is -2.39. The highest BCUT2D eigenvalue weighted by Gasteiger charge is 2.18. The van der Waals surface area contributed by atoms with Gasteiger partial charge in [-0.1, -0.05) is 24.3 Å². The molecule has 5 heteroatoms. The second-order valence-electron chi connectivity index (χ2n) is 8.02. The Morgan fingerprint density at radius 1 is 1.07 bits per heavy atom. The fourth-order valence-electron chi connectivity index (χ4n) is 3.16. The van der Waals surface area contributed by atoms with Crippen LogP contribution >= 0.6 is 0 Å². The molecule has 0 bridgehead atoms. The number of fused-ring (bicyclic) bond motifs is 1. The maximum atomic E-state index is 12.0. The molecule has 3 aromatic rings. The van der Waals surface area contributed by atoms with Gasteiger partial charge in [0.15, 0.2) is 0 Å². The standard InChI is InChI=1S/C23H28N2O3/c1-16(24-22(26)28-23(2,3)4)15-25-13-12-18-6-7-19(14-21(18)25)17-8-10-20(27-5)11-9-17/h6-14,16H,15H2,1-5H3,(H,24,26). The van der Waals surface area contributed by atoms with Crippen molar-refractivity contribution in [1.82, 2.24) is 9.88 Å². The Morgan fingerprint density at radius 3 is 2.39 bits per heavy atom. The molecule has 0 radical (unpaired) electrons. The molecule has 2 aromatic carbocycles. The average Bonchev–Trinajstić information content (AvgIpc) is 3.02. The number of alkyl carbamates (subject to hydrolysis) is 1. The Balaban J connectivity index is 1.77. The van der Waals surface area contributed by atoms with Gasteiger partial charge in [0.1, 0.15) is 11.4 Å². The normalized spacial score (nSPS) is 12.6. The molecular weight excluding hydrogens is 352 g/mol. The van der Waals surface area contributed by atoms with Crippen LogP contribution in [0.15, 0.2) is 54.7 Å². The van der Waals surface area contributed by atoms with Crippen molar-refractivity contribution in [1.29, 1.82) is 0 Å². The van der Waals surface area contributed by atoms with Gasteiger partial charge >= 0.3 is 6.09 Å². The number of aromatic nitrogens is 1. The van der Waals surface area contributed by atoms with Crippen LogP contribution in [0.1, 0.15) is 27.7 Å². The van der Waals surface area contributed by atoms with Gasteiger partial charge in [0, 0.05) is 24.3 Å². The van der Waals surface area contributed by atoms with Crippen LogP contribution in [0.2, 0.25) is 0 Å². The molecule has 3 rings (SSSR count). The van der Waals surface area contributed by atoms with Crippen molar-refractivity contribution >= 4 is 17.0 Å². The van der Waals surface area contributed by atoms with E-state index in [1.54, 1.807) is 7.11 Å². The Kier molecular flexibility index (Phi) is 5.63. The van der Waals surface area contributed by atoms with Crippen LogP contribution in [0.3, 0.4) is 0 Å². The largest absolute Gasteiger partial charge is 0.497 e. The monoisotopic (exact) mass is 380 g/mol. The fraction of sp³-hybridized carbons (Fsp3) is 0.348. The van der Waals surface area contributed by atoms with Gasteiger partial charge in [-0.15, -0.1) is 0 Å². The Labute approximate surface area is 166 Å². The highest BCUT2D eigenvalue weighted by Crippen LogP contribution is 2.27. The van der Waals surface area contributed by atoms with E-state index in [4.69, 9.17) is 9.47 Å². The van der Waals surface area contributed by atoms with Crippen LogP contribution in [-0.2, 0) is 11.3 Å². The van der Waals surface area contributed by atoms with Gasteiger partial charge in [0.25, 0.3) is 0 Å². The summed E-state index contributed by atoms with van der Waals surface area (Å²) in [5.41, 5.74) is 2.90. The van der Waals surface area contributed by atoms with Crippen molar-refractivity contribution in [2.75, 3.05) is 7.11 Å². The molecule has 0 saturated carbocycles. The zero-order valence-electron chi connectivity index (χ0n) is 17.2. The van der Waals surface area contributed by atoms with Gasteiger partial charge in [-0.3, -0.25) is 0 Å². The molecule has 5 nitrogen and oxygen atoms in total. The molecule has 1 heterocycles. The van der Waals surface area contributed by atoms with Crippen molar-refractivity contribution in [3.8, 4) is 16.9 Å². The lowest BCUT2D eigenvalue weighted by Gasteiger charge is -2.22. The number of carbonyl (C=O) groups excluding carboxylic acids is 1. The molecule has 1 atom stereocenters. The van der Waals surface area contributed by atoms with Crippen LogP contribution in [-0.4, -0.2) is 29.4 Å². The number of hydrogen-bond acceptors (Lipinski definition) is 3. The third-order valence-electron chi connectivity index (χ3n) is 4.43. The summed E-state index contributed by atoms with van der Waals surface area (Å²) in [6, 6.07) is 16.5. The lowest BCUT2D eigenvalue weighted by atomic mass is 10.0. The third-order valence-corrected chi connectivity index (χ3v) is 4.43. The van der Waals surface area contributed by atoms with Crippen LogP contribution in [0.25, 0.3) is 22.0 Å².